The minimum Gasteiger partial charge on any atom is -0.370 e. The first-order valence-corrected chi connectivity index (χ1v) is 6.99. The number of hydrogen-bond acceptors (Lipinski definition) is 5. The van der Waals surface area contributed by atoms with Crippen LogP contribution < -0.4 is 10.2 Å². The van der Waals surface area contributed by atoms with Crippen molar-refractivity contribution in [3.05, 3.63) is 47.8 Å². The summed E-state index contributed by atoms with van der Waals surface area (Å²) in [6.45, 7) is 3.70. The molecule has 1 heterocycles. The fourth-order valence-electron chi connectivity index (χ4n) is 2.00. The molecule has 21 heavy (non-hydrogen) atoms. The van der Waals surface area contributed by atoms with Crippen molar-refractivity contribution in [2.45, 2.75) is 19.9 Å². The molecule has 0 bridgehead atoms. The highest BCUT2D eigenvalue weighted by atomic mass is 15.2. The van der Waals surface area contributed by atoms with E-state index in [0.717, 1.165) is 30.2 Å². The van der Waals surface area contributed by atoms with Crippen molar-refractivity contribution in [3.8, 4) is 6.07 Å². The Labute approximate surface area is 125 Å². The second-order valence-corrected chi connectivity index (χ2v) is 4.86. The van der Waals surface area contributed by atoms with Crippen molar-refractivity contribution < 1.29 is 0 Å². The number of anilines is 2. The van der Waals surface area contributed by atoms with Gasteiger partial charge >= 0.3 is 0 Å². The van der Waals surface area contributed by atoms with Gasteiger partial charge in [-0.25, -0.2) is 9.97 Å². The molecule has 0 aliphatic heterocycles. The molecule has 0 saturated carbocycles. The standard InChI is InChI=1S/C16H19N5/c1-3-7-18-15-9-16(20-12-19-15)21(2)11-14-6-4-5-13(8-14)10-17/h4-6,8-9,12H,3,7,11H2,1-2H3,(H,18,19,20). The van der Waals surface area contributed by atoms with Gasteiger partial charge in [0.05, 0.1) is 11.6 Å². The molecule has 0 unspecified atom stereocenters. The summed E-state index contributed by atoms with van der Waals surface area (Å²) in [6.07, 6.45) is 2.62. The summed E-state index contributed by atoms with van der Waals surface area (Å²) in [5, 5.41) is 12.2. The van der Waals surface area contributed by atoms with Crippen LogP contribution in [0.25, 0.3) is 0 Å². The predicted molar refractivity (Wildman–Crippen MR) is 84.1 cm³/mol. The Hall–Kier alpha value is -2.61. The van der Waals surface area contributed by atoms with Crippen LogP contribution in [-0.4, -0.2) is 23.6 Å². The summed E-state index contributed by atoms with van der Waals surface area (Å²) in [7, 11) is 1.98. The lowest BCUT2D eigenvalue weighted by molar-refractivity contribution is 0.887. The first-order chi connectivity index (χ1) is 10.2. The van der Waals surface area contributed by atoms with Gasteiger partial charge in [0.1, 0.15) is 18.0 Å². The van der Waals surface area contributed by atoms with Crippen LogP contribution in [0.4, 0.5) is 11.6 Å². The largest absolute Gasteiger partial charge is 0.370 e. The Balaban J connectivity index is 2.09. The van der Waals surface area contributed by atoms with Crippen LogP contribution in [-0.2, 0) is 6.54 Å². The second-order valence-electron chi connectivity index (χ2n) is 4.86. The van der Waals surface area contributed by atoms with Gasteiger partial charge in [-0.3, -0.25) is 0 Å². The molecular weight excluding hydrogens is 262 g/mol. The van der Waals surface area contributed by atoms with Gasteiger partial charge in [-0.1, -0.05) is 19.1 Å². The first-order valence-electron chi connectivity index (χ1n) is 6.99. The van der Waals surface area contributed by atoms with E-state index < -0.39 is 0 Å². The molecule has 0 aliphatic carbocycles. The number of rotatable bonds is 6. The molecule has 5 heteroatoms. The SMILES string of the molecule is CCCNc1cc(N(C)Cc2cccc(C#N)c2)ncn1. The van der Waals surface area contributed by atoms with E-state index in [-0.39, 0.29) is 0 Å². The van der Waals surface area contributed by atoms with Crippen molar-refractivity contribution in [1.29, 1.82) is 5.26 Å². The van der Waals surface area contributed by atoms with E-state index in [2.05, 4.69) is 28.3 Å². The molecule has 0 atom stereocenters. The molecule has 5 nitrogen and oxygen atoms in total. The van der Waals surface area contributed by atoms with Gasteiger partial charge in [-0.2, -0.15) is 5.26 Å². The number of nitrogens with zero attached hydrogens (tertiary/aromatic N) is 4. The van der Waals surface area contributed by atoms with Crippen LogP contribution in [0.2, 0.25) is 0 Å². The van der Waals surface area contributed by atoms with Crippen molar-refractivity contribution in [1.82, 2.24) is 9.97 Å². The first kappa shape index (κ1) is 14.8. The normalized spacial score (nSPS) is 9.95. The van der Waals surface area contributed by atoms with Crippen molar-refractivity contribution in [3.63, 3.8) is 0 Å². The lowest BCUT2D eigenvalue weighted by Crippen LogP contribution is -2.18. The summed E-state index contributed by atoms with van der Waals surface area (Å²) in [5.74, 6) is 1.69. The Morgan fingerprint density at radius 2 is 2.14 bits per heavy atom. The van der Waals surface area contributed by atoms with Crippen LogP contribution >= 0.6 is 0 Å². The molecule has 0 fully saturated rings. The number of benzene rings is 1. The zero-order valence-corrected chi connectivity index (χ0v) is 12.4. The van der Waals surface area contributed by atoms with Crippen LogP contribution in [0, 0.1) is 11.3 Å². The molecular formula is C16H19N5. The van der Waals surface area contributed by atoms with Gasteiger partial charge < -0.3 is 10.2 Å². The van der Waals surface area contributed by atoms with Crippen LogP contribution in [0.5, 0.6) is 0 Å². The molecule has 108 valence electrons. The molecule has 1 aromatic carbocycles. The summed E-state index contributed by atoms with van der Waals surface area (Å²) < 4.78 is 0. The minimum absolute atomic E-state index is 0.675. The predicted octanol–water partition coefficient (Wildman–Crippen LogP) is 2.81. The molecule has 1 aromatic heterocycles. The Morgan fingerprint density at radius 1 is 1.29 bits per heavy atom. The average molecular weight is 281 g/mol. The molecule has 2 rings (SSSR count). The minimum atomic E-state index is 0.675. The van der Waals surface area contributed by atoms with Gasteiger partial charge in [0.15, 0.2) is 0 Å². The van der Waals surface area contributed by atoms with Crippen molar-refractivity contribution in [2.24, 2.45) is 0 Å². The van der Waals surface area contributed by atoms with Gasteiger partial charge in [-0.05, 0) is 24.1 Å². The lowest BCUT2D eigenvalue weighted by atomic mass is 10.1. The van der Waals surface area contributed by atoms with E-state index in [0.29, 0.717) is 12.1 Å². The monoisotopic (exact) mass is 281 g/mol. The van der Waals surface area contributed by atoms with E-state index in [1.807, 2.05) is 36.2 Å². The van der Waals surface area contributed by atoms with Gasteiger partial charge in [0.2, 0.25) is 0 Å². The van der Waals surface area contributed by atoms with E-state index in [9.17, 15) is 0 Å². The number of nitriles is 1. The molecule has 2 aromatic rings. The highest BCUT2D eigenvalue weighted by Gasteiger charge is 2.06. The number of hydrogen-bond donors (Lipinski definition) is 1. The molecule has 0 radical (unpaired) electrons. The molecule has 0 saturated heterocycles. The topological polar surface area (TPSA) is 64.8 Å². The summed E-state index contributed by atoms with van der Waals surface area (Å²) in [4.78, 5) is 10.5. The third-order valence-electron chi connectivity index (χ3n) is 3.08. The zero-order valence-electron chi connectivity index (χ0n) is 12.4. The van der Waals surface area contributed by atoms with Crippen LogP contribution in [0.1, 0.15) is 24.5 Å². The maximum atomic E-state index is 8.94. The third-order valence-corrected chi connectivity index (χ3v) is 3.08. The lowest BCUT2D eigenvalue weighted by Gasteiger charge is -2.18. The number of aromatic nitrogens is 2. The smallest absolute Gasteiger partial charge is 0.134 e. The highest BCUT2D eigenvalue weighted by molar-refractivity contribution is 5.48. The van der Waals surface area contributed by atoms with Gasteiger partial charge in [-0.15, -0.1) is 0 Å². The maximum Gasteiger partial charge on any atom is 0.134 e. The third kappa shape index (κ3) is 4.18. The Kier molecular flexibility index (Phi) is 5.10. The Bertz CT molecular complexity index is 633. The maximum absolute atomic E-state index is 8.94. The highest BCUT2D eigenvalue weighted by Crippen LogP contribution is 2.16. The summed E-state index contributed by atoms with van der Waals surface area (Å²) in [5.41, 5.74) is 1.76. The van der Waals surface area contributed by atoms with E-state index in [4.69, 9.17) is 5.26 Å². The molecule has 1 N–H and O–H groups in total. The Morgan fingerprint density at radius 3 is 2.90 bits per heavy atom. The fraction of sp³-hybridized carbons (Fsp3) is 0.312. The fourth-order valence-corrected chi connectivity index (χ4v) is 2.00. The zero-order chi connectivity index (χ0) is 15.1. The molecule has 0 aliphatic rings. The summed E-state index contributed by atoms with van der Waals surface area (Å²) >= 11 is 0. The van der Waals surface area contributed by atoms with Gasteiger partial charge in [0, 0.05) is 26.2 Å². The van der Waals surface area contributed by atoms with Crippen LogP contribution in [0.3, 0.4) is 0 Å². The van der Waals surface area contributed by atoms with Gasteiger partial charge in [0.25, 0.3) is 0 Å². The second kappa shape index (κ2) is 7.25. The van der Waals surface area contributed by atoms with Crippen molar-refractivity contribution in [2.75, 3.05) is 23.8 Å². The molecule has 0 spiro atoms. The summed E-state index contributed by atoms with van der Waals surface area (Å²) in [6, 6.07) is 11.7. The van der Waals surface area contributed by atoms with E-state index in [1.165, 1.54) is 0 Å². The van der Waals surface area contributed by atoms with Crippen LogP contribution in [0.15, 0.2) is 36.7 Å². The molecule has 0 amide bonds. The quantitative estimate of drug-likeness (QED) is 0.882. The number of nitrogens with one attached hydrogen (secondary N) is 1. The van der Waals surface area contributed by atoms with E-state index >= 15 is 0 Å². The average Bonchev–Trinajstić information content (AvgIpc) is 2.53. The van der Waals surface area contributed by atoms with Crippen molar-refractivity contribution >= 4 is 11.6 Å². The van der Waals surface area contributed by atoms with E-state index in [1.54, 1.807) is 12.4 Å².